The van der Waals surface area contributed by atoms with Crippen LogP contribution >= 0.6 is 0 Å². The average molecular weight is 236 g/mol. The fourth-order valence-electron chi connectivity index (χ4n) is 1.11. The topological polar surface area (TPSA) is 107 Å². The van der Waals surface area contributed by atoms with E-state index in [-0.39, 0.29) is 0 Å². The summed E-state index contributed by atoms with van der Waals surface area (Å²) in [5.74, 6) is 0. The maximum absolute atomic E-state index is 8.47. The van der Waals surface area contributed by atoms with E-state index in [1.54, 1.807) is 24.3 Å². The van der Waals surface area contributed by atoms with Crippen molar-refractivity contribution in [2.75, 3.05) is 0 Å². The number of azide groups is 1. The van der Waals surface area contributed by atoms with Crippen molar-refractivity contribution in [3.8, 4) is 0 Å². The zero-order chi connectivity index (χ0) is 11.1. The van der Waals surface area contributed by atoms with E-state index in [4.69, 9.17) is 15.2 Å². The maximum Gasteiger partial charge on any atom is 0.402 e. The predicted molar refractivity (Wildman–Crippen MR) is 61.1 cm³/mol. The summed E-state index contributed by atoms with van der Waals surface area (Å²) in [6.45, 7) is 0. The van der Waals surface area contributed by atoms with Gasteiger partial charge in [-0.05, 0) is 16.2 Å². The first-order valence-electron chi connectivity index (χ1n) is 4.02. The summed E-state index contributed by atoms with van der Waals surface area (Å²) < 4.78 is 12.3. The average Bonchev–Trinajstić information content (AvgIpc) is 2.30. The second kappa shape index (κ2) is 5.20. The van der Waals surface area contributed by atoms with E-state index in [1.807, 2.05) is 6.07 Å². The quantitative estimate of drug-likeness (QED) is 0.327. The molecule has 0 fully saturated rings. The van der Waals surface area contributed by atoms with E-state index in [2.05, 4.69) is 19.4 Å². The highest BCUT2D eigenvalue weighted by atomic mass is 28.4. The molecule has 0 unspecified atom stereocenters. The largest absolute Gasteiger partial charge is 0.454 e. The van der Waals surface area contributed by atoms with Gasteiger partial charge in [0.2, 0.25) is 0 Å². The molecule has 7 nitrogen and oxygen atoms in total. The first-order valence-corrected chi connectivity index (χ1v) is 6.64. The highest BCUT2D eigenvalue weighted by molar-refractivity contribution is 6.85. The third-order valence-corrected chi connectivity index (χ3v) is 5.88. The van der Waals surface area contributed by atoms with Crippen LogP contribution in [0.4, 0.5) is 0 Å². The van der Waals surface area contributed by atoms with Crippen LogP contribution in [-0.2, 0) is 4.12 Å². The van der Waals surface area contributed by atoms with E-state index in [9.17, 15) is 0 Å². The molecule has 0 N–H and O–H groups in total. The van der Waals surface area contributed by atoms with E-state index in [0.29, 0.717) is 15.7 Å². The van der Waals surface area contributed by atoms with Crippen LogP contribution in [-0.4, -0.2) is 19.1 Å². The molecule has 15 heavy (non-hydrogen) atoms. The zero-order valence-electron chi connectivity index (χ0n) is 7.98. The fourth-order valence-corrected chi connectivity index (χ4v) is 3.85. The third kappa shape index (κ3) is 2.37. The van der Waals surface area contributed by atoms with Gasteiger partial charge in [0.05, 0.1) is 0 Å². The van der Waals surface area contributed by atoms with E-state index >= 15 is 0 Å². The van der Waals surface area contributed by atoms with Crippen molar-refractivity contribution < 1.29 is 4.12 Å². The maximum atomic E-state index is 8.47. The molecule has 0 amide bonds. The Bertz CT molecular complexity index is 407. The van der Waals surface area contributed by atoms with Gasteiger partial charge < -0.3 is 4.12 Å². The molecule has 1 aromatic rings. The van der Waals surface area contributed by atoms with Gasteiger partial charge in [-0.2, -0.15) is 0 Å². The lowest BCUT2D eigenvalue weighted by Crippen LogP contribution is -2.46. The van der Waals surface area contributed by atoms with Gasteiger partial charge in [-0.3, -0.25) is 0 Å². The molecule has 0 aliphatic rings. The molecule has 0 aliphatic heterocycles. The molecule has 0 aliphatic carbocycles. The first-order chi connectivity index (χ1) is 7.29. The molecular formula is C6H8N6OSi2. The highest BCUT2D eigenvalue weighted by Crippen LogP contribution is 2.09. The second-order valence-corrected chi connectivity index (χ2v) is 6.38. The van der Waals surface area contributed by atoms with Gasteiger partial charge in [-0.1, -0.05) is 39.9 Å². The number of nitrogens with zero attached hydrogens (tertiary/aromatic N) is 6. The monoisotopic (exact) mass is 236 g/mol. The molecule has 0 bridgehead atoms. The van der Waals surface area contributed by atoms with Gasteiger partial charge in [0.15, 0.2) is 0 Å². The van der Waals surface area contributed by atoms with Gasteiger partial charge in [0.1, 0.15) is 10.5 Å². The van der Waals surface area contributed by atoms with Crippen molar-refractivity contribution in [2.45, 2.75) is 0 Å². The minimum atomic E-state index is -3.17. The highest BCUT2D eigenvalue weighted by Gasteiger charge is 2.34. The lowest BCUT2D eigenvalue weighted by atomic mass is 10.4. The van der Waals surface area contributed by atoms with E-state index < -0.39 is 8.64 Å². The Labute approximate surface area is 89.8 Å². The summed E-state index contributed by atoms with van der Waals surface area (Å²) in [6.07, 6.45) is 0. The summed E-state index contributed by atoms with van der Waals surface area (Å²) in [7, 11) is -2.83. The van der Waals surface area contributed by atoms with E-state index in [0.717, 1.165) is 0 Å². The molecule has 1 rings (SSSR count). The molecular weight excluding hydrogens is 228 g/mol. The van der Waals surface area contributed by atoms with Gasteiger partial charge >= 0.3 is 8.64 Å². The molecule has 9 heteroatoms. The van der Waals surface area contributed by atoms with Crippen LogP contribution in [0.5, 0.6) is 0 Å². The first kappa shape index (κ1) is 11.3. The van der Waals surface area contributed by atoms with E-state index in [1.165, 1.54) is 0 Å². The normalized spacial score (nSPS) is 13.3. The smallest absolute Gasteiger partial charge is 0.402 e. The summed E-state index contributed by atoms with van der Waals surface area (Å²) in [6, 6.07) is 8.83. The molecule has 0 aromatic heterocycles. The Hall–Kier alpha value is -1.77. The van der Waals surface area contributed by atoms with Gasteiger partial charge in [-0.15, -0.1) is 0 Å². The number of hydrogen-bond donors (Lipinski definition) is 0. The summed E-state index contributed by atoms with van der Waals surface area (Å²) in [5.41, 5.74) is 16.9. The van der Waals surface area contributed by atoms with Crippen molar-refractivity contribution in [1.29, 1.82) is 0 Å². The van der Waals surface area contributed by atoms with Crippen LogP contribution in [0.15, 0.2) is 39.9 Å². The second-order valence-electron chi connectivity index (χ2n) is 2.56. The molecule has 0 saturated carbocycles. The minimum Gasteiger partial charge on any atom is -0.454 e. The van der Waals surface area contributed by atoms with Gasteiger partial charge in [0, 0.05) is 9.82 Å². The summed E-state index contributed by atoms with van der Waals surface area (Å²) in [5, 5.41) is 0.649. The number of hydrogen-bond acceptors (Lipinski definition) is 3. The molecule has 76 valence electrons. The molecule has 0 heterocycles. The van der Waals surface area contributed by atoms with Crippen molar-refractivity contribution in [3.05, 3.63) is 51.2 Å². The Morgan fingerprint density at radius 3 is 2.07 bits per heavy atom. The number of benzene rings is 1. The van der Waals surface area contributed by atoms with Crippen molar-refractivity contribution in [1.82, 2.24) is 0 Å². The van der Waals surface area contributed by atoms with Gasteiger partial charge in [0.25, 0.3) is 0 Å². The molecule has 0 spiro atoms. The van der Waals surface area contributed by atoms with Crippen LogP contribution in [0.25, 0.3) is 20.9 Å². The number of rotatable bonds is 4. The van der Waals surface area contributed by atoms with Crippen molar-refractivity contribution >= 4 is 24.3 Å². The lowest BCUT2D eigenvalue weighted by molar-refractivity contribution is 0.611. The lowest BCUT2D eigenvalue weighted by Gasteiger charge is -2.18. The molecule has 1 aromatic carbocycles. The predicted octanol–water partition coefficient (Wildman–Crippen LogP) is 0.750. The van der Waals surface area contributed by atoms with Crippen LogP contribution in [0.1, 0.15) is 0 Å². The SMILES string of the molecule is [N-]=[N+]=N[Si](N=[N+]=[N-])(O[SiH3])c1ccccc1. The fraction of sp³-hybridized carbons (Fsp3) is 0. The summed E-state index contributed by atoms with van der Waals surface area (Å²) in [4.78, 5) is 5.39. The molecule has 0 radical (unpaired) electrons. The standard InChI is InChI=1S/C6H8N6OSi2/c7-9-11-15(13-14,12-10-8)6-4-2-1-3-5-6/h1-5H,14H3. The molecule has 0 atom stereocenters. The van der Waals surface area contributed by atoms with Crippen LogP contribution < -0.4 is 5.19 Å². The Morgan fingerprint density at radius 1 is 1.13 bits per heavy atom. The minimum absolute atomic E-state index is 0.341. The van der Waals surface area contributed by atoms with Gasteiger partial charge in [-0.25, -0.2) is 0 Å². The van der Waals surface area contributed by atoms with Crippen LogP contribution in [0.2, 0.25) is 0 Å². The van der Waals surface area contributed by atoms with Crippen molar-refractivity contribution in [3.63, 3.8) is 0 Å². The van der Waals surface area contributed by atoms with Crippen LogP contribution in [0, 0.1) is 0 Å². The van der Waals surface area contributed by atoms with Crippen LogP contribution in [0.3, 0.4) is 0 Å². The van der Waals surface area contributed by atoms with Crippen molar-refractivity contribution in [2.24, 2.45) is 9.56 Å². The summed E-state index contributed by atoms with van der Waals surface area (Å²) >= 11 is 0. The zero-order valence-corrected chi connectivity index (χ0v) is 11.0. The Kier molecular flexibility index (Phi) is 3.92. The Balaban J connectivity index is 3.33. The Morgan fingerprint density at radius 2 is 1.67 bits per heavy atom. The molecule has 0 saturated heterocycles. The third-order valence-electron chi connectivity index (χ3n) is 1.80.